The average molecular weight is 403 g/mol. The van der Waals surface area contributed by atoms with E-state index in [1.165, 1.54) is 12.1 Å². The van der Waals surface area contributed by atoms with Gasteiger partial charge in [0.1, 0.15) is 17.0 Å². The first-order valence-corrected chi connectivity index (χ1v) is 10.1. The molecule has 1 fully saturated rings. The Morgan fingerprint density at radius 2 is 1.63 bits per heavy atom. The lowest BCUT2D eigenvalue weighted by atomic mass is 10.1. The van der Waals surface area contributed by atoms with Gasteiger partial charge < -0.3 is 14.6 Å². The number of carbonyl (C=O) groups excluding carboxylic acids is 1. The Bertz CT molecular complexity index is 1190. The second-order valence-corrected chi connectivity index (χ2v) is 7.60. The summed E-state index contributed by atoms with van der Waals surface area (Å²) in [4.78, 5) is 16.9. The fraction of sp³-hybridized carbons (Fsp3) is 0.208. The van der Waals surface area contributed by atoms with E-state index in [4.69, 9.17) is 4.42 Å². The van der Waals surface area contributed by atoms with Crippen molar-refractivity contribution in [3.05, 3.63) is 72.5 Å². The van der Waals surface area contributed by atoms with Gasteiger partial charge in [-0.15, -0.1) is 0 Å². The largest absolute Gasteiger partial charge is 0.456 e. The number of carbonyl (C=O) groups is 1. The lowest BCUT2D eigenvalue weighted by Gasteiger charge is -2.35. The van der Waals surface area contributed by atoms with Gasteiger partial charge in [0.15, 0.2) is 0 Å². The molecule has 2 heterocycles. The van der Waals surface area contributed by atoms with Crippen molar-refractivity contribution >= 4 is 39.2 Å². The molecule has 5 rings (SSSR count). The Morgan fingerprint density at radius 3 is 2.43 bits per heavy atom. The smallest absolute Gasteiger partial charge is 0.238 e. The molecule has 152 valence electrons. The maximum Gasteiger partial charge on any atom is 0.238 e. The molecule has 0 spiro atoms. The topological polar surface area (TPSA) is 48.7 Å². The number of anilines is 2. The van der Waals surface area contributed by atoms with Crippen LogP contribution in [0, 0.1) is 5.82 Å². The minimum Gasteiger partial charge on any atom is -0.456 e. The number of nitrogens with one attached hydrogen (secondary N) is 1. The lowest BCUT2D eigenvalue weighted by Crippen LogP contribution is -2.48. The number of para-hydroxylation sites is 1. The summed E-state index contributed by atoms with van der Waals surface area (Å²) in [6.07, 6.45) is 0. The molecule has 6 heteroatoms. The normalized spacial score (nSPS) is 15.0. The monoisotopic (exact) mass is 403 g/mol. The van der Waals surface area contributed by atoms with Crippen LogP contribution < -0.4 is 10.2 Å². The van der Waals surface area contributed by atoms with Gasteiger partial charge in [0.2, 0.25) is 5.91 Å². The van der Waals surface area contributed by atoms with E-state index in [1.807, 2.05) is 42.5 Å². The van der Waals surface area contributed by atoms with E-state index in [1.54, 1.807) is 12.1 Å². The summed E-state index contributed by atoms with van der Waals surface area (Å²) in [7, 11) is 0. The highest BCUT2D eigenvalue weighted by Crippen LogP contribution is 2.30. The number of fused-ring (bicyclic) bond motifs is 3. The van der Waals surface area contributed by atoms with Crippen LogP contribution in [0.2, 0.25) is 0 Å². The van der Waals surface area contributed by atoms with E-state index in [0.29, 0.717) is 6.54 Å². The summed E-state index contributed by atoms with van der Waals surface area (Å²) in [6.45, 7) is 3.55. The van der Waals surface area contributed by atoms with Crippen LogP contribution in [-0.2, 0) is 4.79 Å². The molecule has 4 aromatic rings. The molecule has 0 aliphatic carbocycles. The third-order valence-electron chi connectivity index (χ3n) is 5.59. The summed E-state index contributed by atoms with van der Waals surface area (Å²) < 4.78 is 18.9. The van der Waals surface area contributed by atoms with Crippen molar-refractivity contribution in [3.8, 4) is 0 Å². The molecule has 0 atom stereocenters. The van der Waals surface area contributed by atoms with Crippen molar-refractivity contribution in [2.75, 3.05) is 42.9 Å². The highest BCUT2D eigenvalue weighted by Gasteiger charge is 2.19. The number of rotatable bonds is 4. The second kappa shape index (κ2) is 7.80. The molecule has 0 saturated carbocycles. The minimum atomic E-state index is -0.226. The van der Waals surface area contributed by atoms with E-state index in [0.717, 1.165) is 59.5 Å². The van der Waals surface area contributed by atoms with Crippen LogP contribution in [0.25, 0.3) is 21.9 Å². The van der Waals surface area contributed by atoms with Crippen LogP contribution in [0.1, 0.15) is 0 Å². The predicted molar refractivity (Wildman–Crippen MR) is 117 cm³/mol. The first-order chi connectivity index (χ1) is 14.7. The molecule has 0 radical (unpaired) electrons. The summed E-state index contributed by atoms with van der Waals surface area (Å²) in [6, 6.07) is 20.2. The Morgan fingerprint density at radius 1 is 0.900 bits per heavy atom. The molecule has 3 aromatic carbocycles. The summed E-state index contributed by atoms with van der Waals surface area (Å²) >= 11 is 0. The Balaban J connectivity index is 1.20. The maximum atomic E-state index is 13.1. The highest BCUT2D eigenvalue weighted by atomic mass is 19.1. The molecular weight excluding hydrogens is 381 g/mol. The van der Waals surface area contributed by atoms with Crippen LogP contribution in [-0.4, -0.2) is 43.5 Å². The fourth-order valence-corrected chi connectivity index (χ4v) is 4.02. The van der Waals surface area contributed by atoms with E-state index >= 15 is 0 Å². The zero-order valence-corrected chi connectivity index (χ0v) is 16.5. The summed E-state index contributed by atoms with van der Waals surface area (Å²) in [5.41, 5.74) is 3.44. The van der Waals surface area contributed by atoms with Gasteiger partial charge >= 0.3 is 0 Å². The third-order valence-corrected chi connectivity index (χ3v) is 5.59. The lowest BCUT2D eigenvalue weighted by molar-refractivity contribution is -0.117. The number of hydrogen-bond acceptors (Lipinski definition) is 4. The fourth-order valence-electron chi connectivity index (χ4n) is 4.02. The Labute approximate surface area is 173 Å². The number of nitrogens with zero attached hydrogens (tertiary/aromatic N) is 2. The zero-order valence-electron chi connectivity index (χ0n) is 16.5. The second-order valence-electron chi connectivity index (χ2n) is 7.60. The molecule has 1 saturated heterocycles. The van der Waals surface area contributed by atoms with Crippen LogP contribution in [0.3, 0.4) is 0 Å². The van der Waals surface area contributed by atoms with E-state index in [2.05, 4.69) is 15.1 Å². The zero-order chi connectivity index (χ0) is 20.5. The molecule has 0 bridgehead atoms. The van der Waals surface area contributed by atoms with Gasteiger partial charge in [-0.3, -0.25) is 9.69 Å². The first-order valence-electron chi connectivity index (χ1n) is 10.1. The predicted octanol–water partition coefficient (Wildman–Crippen LogP) is 4.49. The summed E-state index contributed by atoms with van der Waals surface area (Å²) in [5.74, 6) is -0.256. The SMILES string of the molecule is O=C(CN1CCN(c2ccc(F)cc2)CC1)Nc1ccc2oc3ccccc3c2c1. The van der Waals surface area contributed by atoms with Crippen LogP contribution in [0.15, 0.2) is 71.1 Å². The van der Waals surface area contributed by atoms with Crippen LogP contribution in [0.5, 0.6) is 0 Å². The molecule has 5 nitrogen and oxygen atoms in total. The standard InChI is InChI=1S/C24H22FN3O2/c25-17-5-8-19(9-6-17)28-13-11-27(12-14-28)16-24(29)26-18-7-10-23-21(15-18)20-3-1-2-4-22(20)30-23/h1-10,15H,11-14,16H2,(H,26,29). The first kappa shape index (κ1) is 18.6. The van der Waals surface area contributed by atoms with Gasteiger partial charge in [-0.25, -0.2) is 4.39 Å². The van der Waals surface area contributed by atoms with Gasteiger partial charge in [-0.1, -0.05) is 18.2 Å². The van der Waals surface area contributed by atoms with E-state index in [9.17, 15) is 9.18 Å². The van der Waals surface area contributed by atoms with Crippen molar-refractivity contribution in [2.45, 2.75) is 0 Å². The van der Waals surface area contributed by atoms with Crippen LogP contribution in [0.4, 0.5) is 15.8 Å². The number of amides is 1. The van der Waals surface area contributed by atoms with Crippen molar-refractivity contribution in [3.63, 3.8) is 0 Å². The van der Waals surface area contributed by atoms with Crippen molar-refractivity contribution in [1.29, 1.82) is 0 Å². The third kappa shape index (κ3) is 3.74. The van der Waals surface area contributed by atoms with E-state index in [-0.39, 0.29) is 11.7 Å². The molecule has 1 aliphatic rings. The number of hydrogen-bond donors (Lipinski definition) is 1. The molecule has 1 amide bonds. The van der Waals surface area contributed by atoms with Gasteiger partial charge in [-0.2, -0.15) is 0 Å². The maximum absolute atomic E-state index is 13.1. The van der Waals surface area contributed by atoms with Crippen molar-refractivity contribution < 1.29 is 13.6 Å². The molecular formula is C24H22FN3O2. The van der Waals surface area contributed by atoms with Crippen molar-refractivity contribution in [2.24, 2.45) is 0 Å². The van der Waals surface area contributed by atoms with Gasteiger partial charge in [-0.05, 0) is 48.5 Å². The van der Waals surface area contributed by atoms with Gasteiger partial charge in [0.25, 0.3) is 0 Å². The minimum absolute atomic E-state index is 0.0302. The molecule has 1 aliphatic heterocycles. The Kier molecular flexibility index (Phi) is 4.85. The van der Waals surface area contributed by atoms with Gasteiger partial charge in [0.05, 0.1) is 6.54 Å². The van der Waals surface area contributed by atoms with E-state index < -0.39 is 0 Å². The number of piperazine rings is 1. The summed E-state index contributed by atoms with van der Waals surface area (Å²) in [5, 5.41) is 5.05. The highest BCUT2D eigenvalue weighted by molar-refractivity contribution is 6.07. The molecule has 30 heavy (non-hydrogen) atoms. The molecule has 1 aromatic heterocycles. The molecule has 0 unspecified atom stereocenters. The van der Waals surface area contributed by atoms with Crippen molar-refractivity contribution in [1.82, 2.24) is 4.90 Å². The molecule has 1 N–H and O–H groups in total. The number of halogens is 1. The quantitative estimate of drug-likeness (QED) is 0.546. The van der Waals surface area contributed by atoms with Crippen LogP contribution >= 0.6 is 0 Å². The average Bonchev–Trinajstić information content (AvgIpc) is 3.13. The van der Waals surface area contributed by atoms with Gasteiger partial charge in [0, 0.05) is 48.3 Å². The Hall–Kier alpha value is -3.38. The number of furan rings is 1. The number of benzene rings is 3.